The number of rotatable bonds is 6. The number of carbonyl (C=O) groups is 1. The molecule has 1 heterocycles. The summed E-state index contributed by atoms with van der Waals surface area (Å²) in [6.07, 6.45) is 1.73. The van der Waals surface area contributed by atoms with Gasteiger partial charge < -0.3 is 4.42 Å². The highest BCUT2D eigenvalue weighted by Gasteiger charge is 2.35. The van der Waals surface area contributed by atoms with Gasteiger partial charge in [-0.05, 0) is 55.3 Å². The summed E-state index contributed by atoms with van der Waals surface area (Å²) in [5.41, 5.74) is 0.718. The van der Waals surface area contributed by atoms with Gasteiger partial charge in [-0.2, -0.15) is 4.31 Å². The van der Waals surface area contributed by atoms with Crippen LogP contribution in [0.2, 0.25) is 10.0 Å². The first-order valence-electron chi connectivity index (χ1n) is 8.94. The summed E-state index contributed by atoms with van der Waals surface area (Å²) in [7, 11) is -2.01. The average Bonchev–Trinajstić information content (AvgIpc) is 3.47. The van der Waals surface area contributed by atoms with Crippen LogP contribution in [-0.2, 0) is 10.0 Å². The zero-order chi connectivity index (χ0) is 21.5. The SMILES string of the molecule is CN(C1CC1)S(=O)(=O)c1ccc(C(=O)Nc2nnc(-c3ccc(Cl)cc3Cl)o2)cc1. The number of carbonyl (C=O) groups excluding carboxylic acids is 1. The molecule has 0 saturated heterocycles. The van der Waals surface area contributed by atoms with Crippen molar-refractivity contribution in [2.24, 2.45) is 0 Å². The standard InChI is InChI=1S/C19H16Cl2N4O4S/c1-25(13-5-6-13)30(27,28)14-7-2-11(3-8-14)17(26)22-19-24-23-18(29-19)15-9-4-12(20)10-16(15)21/h2-4,7-10,13H,5-6H2,1H3,(H,22,24,26). The second-order valence-electron chi connectivity index (χ2n) is 6.77. The Bertz CT molecular complexity index is 1210. The summed E-state index contributed by atoms with van der Waals surface area (Å²) in [6, 6.07) is 10.4. The van der Waals surface area contributed by atoms with Crippen molar-refractivity contribution in [1.82, 2.24) is 14.5 Å². The molecule has 1 amide bonds. The van der Waals surface area contributed by atoms with E-state index in [0.717, 1.165) is 12.8 Å². The number of nitrogens with one attached hydrogen (secondary N) is 1. The van der Waals surface area contributed by atoms with Crippen LogP contribution >= 0.6 is 23.2 Å². The summed E-state index contributed by atoms with van der Waals surface area (Å²) < 4.78 is 31.9. The molecule has 1 aliphatic rings. The van der Waals surface area contributed by atoms with Crippen molar-refractivity contribution in [2.75, 3.05) is 12.4 Å². The molecule has 1 aliphatic carbocycles. The second kappa shape index (κ2) is 7.99. The Kier molecular flexibility index (Phi) is 5.54. The number of aromatic nitrogens is 2. The first-order valence-corrected chi connectivity index (χ1v) is 11.1. The van der Waals surface area contributed by atoms with Crippen molar-refractivity contribution >= 4 is 45.1 Å². The van der Waals surface area contributed by atoms with E-state index in [4.69, 9.17) is 27.6 Å². The van der Waals surface area contributed by atoms with E-state index in [9.17, 15) is 13.2 Å². The summed E-state index contributed by atoms with van der Waals surface area (Å²) in [5, 5.41) is 10.9. The molecule has 30 heavy (non-hydrogen) atoms. The molecule has 1 saturated carbocycles. The Morgan fingerprint density at radius 2 is 1.83 bits per heavy atom. The van der Waals surface area contributed by atoms with E-state index in [0.29, 0.717) is 15.6 Å². The molecule has 0 spiro atoms. The van der Waals surface area contributed by atoms with Gasteiger partial charge in [-0.3, -0.25) is 10.1 Å². The lowest BCUT2D eigenvalue weighted by Gasteiger charge is -2.16. The van der Waals surface area contributed by atoms with Gasteiger partial charge >= 0.3 is 6.01 Å². The van der Waals surface area contributed by atoms with E-state index in [1.54, 1.807) is 19.2 Å². The maximum atomic E-state index is 12.5. The van der Waals surface area contributed by atoms with Gasteiger partial charge in [0, 0.05) is 23.7 Å². The van der Waals surface area contributed by atoms with Gasteiger partial charge in [-0.1, -0.05) is 28.3 Å². The first-order chi connectivity index (χ1) is 14.3. The Morgan fingerprint density at radius 3 is 2.47 bits per heavy atom. The van der Waals surface area contributed by atoms with Crippen LogP contribution in [0.1, 0.15) is 23.2 Å². The molecule has 1 aromatic heterocycles. The van der Waals surface area contributed by atoms with Crippen molar-refractivity contribution in [3.63, 3.8) is 0 Å². The van der Waals surface area contributed by atoms with Gasteiger partial charge in [-0.15, -0.1) is 5.10 Å². The third-order valence-corrected chi connectivity index (χ3v) is 7.13. The van der Waals surface area contributed by atoms with E-state index in [-0.39, 0.29) is 28.4 Å². The molecular formula is C19H16Cl2N4O4S. The van der Waals surface area contributed by atoms with Crippen LogP contribution in [0.5, 0.6) is 0 Å². The highest BCUT2D eigenvalue weighted by molar-refractivity contribution is 7.89. The largest absolute Gasteiger partial charge is 0.403 e. The number of anilines is 1. The number of amides is 1. The molecule has 0 aliphatic heterocycles. The molecule has 0 bridgehead atoms. The highest BCUT2D eigenvalue weighted by atomic mass is 35.5. The fourth-order valence-corrected chi connectivity index (χ4v) is 4.70. The zero-order valence-corrected chi connectivity index (χ0v) is 18.0. The first kappa shape index (κ1) is 20.8. The van der Waals surface area contributed by atoms with Crippen LogP contribution in [0.4, 0.5) is 6.01 Å². The van der Waals surface area contributed by atoms with Crippen LogP contribution in [0, 0.1) is 0 Å². The van der Waals surface area contributed by atoms with Crippen LogP contribution in [0.15, 0.2) is 51.8 Å². The number of halogens is 2. The topological polar surface area (TPSA) is 105 Å². The van der Waals surface area contributed by atoms with E-state index >= 15 is 0 Å². The number of hydrogen-bond donors (Lipinski definition) is 1. The fourth-order valence-electron chi connectivity index (χ4n) is 2.79. The predicted octanol–water partition coefficient (Wildman–Crippen LogP) is 4.08. The smallest absolute Gasteiger partial charge is 0.322 e. The van der Waals surface area contributed by atoms with E-state index in [2.05, 4.69) is 15.5 Å². The number of sulfonamides is 1. The quantitative estimate of drug-likeness (QED) is 0.586. The Balaban J connectivity index is 1.47. The van der Waals surface area contributed by atoms with E-state index < -0.39 is 15.9 Å². The van der Waals surface area contributed by atoms with Crippen LogP contribution < -0.4 is 5.32 Å². The fraction of sp³-hybridized carbons (Fsp3) is 0.211. The molecule has 0 unspecified atom stereocenters. The normalized spacial score (nSPS) is 14.1. The number of benzene rings is 2. The second-order valence-corrected chi connectivity index (χ2v) is 9.61. The average molecular weight is 467 g/mol. The van der Waals surface area contributed by atoms with Gasteiger partial charge in [-0.25, -0.2) is 8.42 Å². The van der Waals surface area contributed by atoms with Crippen molar-refractivity contribution in [3.05, 3.63) is 58.1 Å². The molecule has 1 fully saturated rings. The molecule has 0 radical (unpaired) electrons. The van der Waals surface area contributed by atoms with Crippen molar-refractivity contribution in [2.45, 2.75) is 23.8 Å². The lowest BCUT2D eigenvalue weighted by molar-refractivity contribution is 0.102. The summed E-state index contributed by atoms with van der Waals surface area (Å²) in [4.78, 5) is 12.6. The van der Waals surface area contributed by atoms with Crippen LogP contribution in [0.25, 0.3) is 11.5 Å². The Hall–Kier alpha value is -2.46. The van der Waals surface area contributed by atoms with Gasteiger partial charge in [0.25, 0.3) is 11.8 Å². The summed E-state index contributed by atoms with van der Waals surface area (Å²) in [6.45, 7) is 0. The van der Waals surface area contributed by atoms with Gasteiger partial charge in [0.05, 0.1) is 15.5 Å². The van der Waals surface area contributed by atoms with Gasteiger partial charge in [0.2, 0.25) is 10.0 Å². The Morgan fingerprint density at radius 1 is 1.13 bits per heavy atom. The maximum absolute atomic E-state index is 12.5. The molecule has 1 N–H and O–H groups in total. The van der Waals surface area contributed by atoms with E-state index in [1.807, 2.05) is 0 Å². The summed E-state index contributed by atoms with van der Waals surface area (Å²) in [5.74, 6) is -0.400. The van der Waals surface area contributed by atoms with Gasteiger partial charge in [0.1, 0.15) is 0 Å². The Labute approximate surface area is 182 Å². The predicted molar refractivity (Wildman–Crippen MR) is 112 cm³/mol. The number of hydrogen-bond acceptors (Lipinski definition) is 6. The molecule has 2 aromatic carbocycles. The number of nitrogens with zero attached hydrogens (tertiary/aromatic N) is 3. The lowest BCUT2D eigenvalue weighted by atomic mass is 10.2. The maximum Gasteiger partial charge on any atom is 0.322 e. The minimum absolute atomic E-state index is 0.0545. The molecule has 0 atom stereocenters. The molecule has 4 rings (SSSR count). The van der Waals surface area contributed by atoms with Crippen LogP contribution in [0.3, 0.4) is 0 Å². The third-order valence-electron chi connectivity index (χ3n) is 4.66. The van der Waals surface area contributed by atoms with Gasteiger partial charge in [0.15, 0.2) is 0 Å². The van der Waals surface area contributed by atoms with Crippen molar-refractivity contribution in [3.8, 4) is 11.5 Å². The third kappa shape index (κ3) is 4.20. The zero-order valence-electron chi connectivity index (χ0n) is 15.7. The highest BCUT2D eigenvalue weighted by Crippen LogP contribution is 2.31. The van der Waals surface area contributed by atoms with Crippen LogP contribution in [-0.4, -0.2) is 41.9 Å². The molecular weight excluding hydrogens is 451 g/mol. The monoisotopic (exact) mass is 466 g/mol. The summed E-state index contributed by atoms with van der Waals surface area (Å²) >= 11 is 12.0. The molecule has 11 heteroatoms. The minimum atomic E-state index is -3.57. The van der Waals surface area contributed by atoms with Crippen molar-refractivity contribution < 1.29 is 17.6 Å². The van der Waals surface area contributed by atoms with Crippen molar-refractivity contribution in [1.29, 1.82) is 0 Å². The molecule has 156 valence electrons. The lowest BCUT2D eigenvalue weighted by Crippen LogP contribution is -2.29. The molecule has 3 aromatic rings. The molecule has 8 nitrogen and oxygen atoms in total. The minimum Gasteiger partial charge on any atom is -0.403 e. The van der Waals surface area contributed by atoms with E-state index in [1.165, 1.54) is 34.6 Å².